The Hall–Kier alpha value is -4.21. The number of pyridine rings is 3. The van der Waals surface area contributed by atoms with E-state index in [0.717, 1.165) is 36.4 Å². The number of aromatic carboxylic acids is 1. The summed E-state index contributed by atoms with van der Waals surface area (Å²) in [5.41, 5.74) is 1.83. The Bertz CT molecular complexity index is 1300. The molecule has 4 aromatic heterocycles. The molecule has 1 saturated carbocycles. The van der Waals surface area contributed by atoms with E-state index >= 15 is 0 Å². The van der Waals surface area contributed by atoms with Crippen molar-refractivity contribution in [2.45, 2.75) is 31.3 Å². The van der Waals surface area contributed by atoms with Crippen LogP contribution in [0.2, 0.25) is 0 Å². The van der Waals surface area contributed by atoms with Crippen LogP contribution in [0.4, 0.5) is 11.8 Å². The smallest absolute Gasteiger partial charge is 0.337 e. The van der Waals surface area contributed by atoms with Crippen molar-refractivity contribution in [3.8, 4) is 5.69 Å². The third-order valence-corrected chi connectivity index (χ3v) is 5.57. The first-order valence-corrected chi connectivity index (χ1v) is 10.3. The van der Waals surface area contributed by atoms with Crippen LogP contribution in [0.25, 0.3) is 16.9 Å². The third kappa shape index (κ3) is 4.02. The van der Waals surface area contributed by atoms with E-state index < -0.39 is 5.97 Å². The van der Waals surface area contributed by atoms with E-state index in [1.165, 1.54) is 22.9 Å². The first kappa shape index (κ1) is 19.7. The lowest BCUT2D eigenvalue weighted by Crippen LogP contribution is -2.22. The molecule has 1 aliphatic rings. The summed E-state index contributed by atoms with van der Waals surface area (Å²) in [7, 11) is 0. The van der Waals surface area contributed by atoms with E-state index in [0.29, 0.717) is 11.5 Å². The summed E-state index contributed by atoms with van der Waals surface area (Å²) in [6.45, 7) is 0. The Morgan fingerprint density at radius 3 is 2.69 bits per heavy atom. The molecule has 0 radical (unpaired) electrons. The summed E-state index contributed by atoms with van der Waals surface area (Å²) in [6.07, 6.45) is 7.49. The molecule has 0 bridgehead atoms. The lowest BCUT2D eigenvalue weighted by Gasteiger charge is -2.15. The summed E-state index contributed by atoms with van der Waals surface area (Å²) >= 11 is 0. The average molecular weight is 431 g/mol. The van der Waals surface area contributed by atoms with Gasteiger partial charge in [-0.3, -0.25) is 9.36 Å². The number of aromatic amines is 1. The van der Waals surface area contributed by atoms with Crippen molar-refractivity contribution in [3.63, 3.8) is 0 Å². The molecule has 162 valence electrons. The lowest BCUT2D eigenvalue weighted by atomic mass is 10.2. The monoisotopic (exact) mass is 431 g/mol. The van der Waals surface area contributed by atoms with Gasteiger partial charge in [-0.25, -0.2) is 19.7 Å². The zero-order valence-electron chi connectivity index (χ0n) is 17.0. The number of carboxylic acids is 1. The van der Waals surface area contributed by atoms with E-state index in [1.807, 2.05) is 12.1 Å². The van der Waals surface area contributed by atoms with Crippen LogP contribution < -0.4 is 16.2 Å². The maximum Gasteiger partial charge on any atom is 0.337 e. The van der Waals surface area contributed by atoms with Crippen molar-refractivity contribution < 1.29 is 9.90 Å². The Labute approximate surface area is 182 Å². The SMILES string of the molecule is O=C(O)c1ccc(=O)n(-c2ccc(N[C@H]3CC[C@H](Nc4nc5cccnc5[nH]4)C3)nc2)c1. The Morgan fingerprint density at radius 2 is 1.94 bits per heavy atom. The number of H-pyrrole nitrogens is 1. The minimum Gasteiger partial charge on any atom is -0.478 e. The predicted molar refractivity (Wildman–Crippen MR) is 119 cm³/mol. The van der Waals surface area contributed by atoms with Gasteiger partial charge in [0.05, 0.1) is 17.4 Å². The van der Waals surface area contributed by atoms with Crippen LogP contribution in [0, 0.1) is 0 Å². The number of anilines is 2. The van der Waals surface area contributed by atoms with Gasteiger partial charge in [0.15, 0.2) is 5.65 Å². The van der Waals surface area contributed by atoms with Gasteiger partial charge in [0.1, 0.15) is 11.3 Å². The molecular weight excluding hydrogens is 410 g/mol. The second kappa shape index (κ2) is 8.14. The van der Waals surface area contributed by atoms with E-state index in [9.17, 15) is 9.59 Å². The quantitative estimate of drug-likeness (QED) is 0.366. The standard InChI is InChI=1S/C22H21N7O3/c30-19-8-3-13(21(31)32)12-29(19)16-6-7-18(24-11-16)25-14-4-5-15(10-14)26-22-27-17-2-1-9-23-20(17)28-22/h1-3,6-9,11-12,14-15H,4-5,10H2,(H,24,25)(H,31,32)(H2,23,26,27,28)/t14-,15-/m0/s1. The van der Waals surface area contributed by atoms with Crippen molar-refractivity contribution >= 4 is 28.9 Å². The predicted octanol–water partition coefficient (Wildman–Crippen LogP) is 2.65. The van der Waals surface area contributed by atoms with Crippen molar-refractivity contribution in [1.82, 2.24) is 24.5 Å². The van der Waals surface area contributed by atoms with Crippen LogP contribution in [-0.4, -0.2) is 47.7 Å². The second-order valence-electron chi connectivity index (χ2n) is 7.78. The lowest BCUT2D eigenvalue weighted by molar-refractivity contribution is 0.0696. The molecule has 10 nitrogen and oxygen atoms in total. The number of carbonyl (C=O) groups is 1. The van der Waals surface area contributed by atoms with Gasteiger partial charge in [-0.1, -0.05) is 0 Å². The van der Waals surface area contributed by atoms with Crippen LogP contribution in [0.5, 0.6) is 0 Å². The minimum absolute atomic E-state index is 0.0385. The van der Waals surface area contributed by atoms with Crippen LogP contribution >= 0.6 is 0 Å². The number of rotatable bonds is 6. The van der Waals surface area contributed by atoms with Gasteiger partial charge in [0.25, 0.3) is 5.56 Å². The zero-order chi connectivity index (χ0) is 22.1. The third-order valence-electron chi connectivity index (χ3n) is 5.57. The molecule has 0 amide bonds. The Kier molecular flexibility index (Phi) is 5.02. The van der Waals surface area contributed by atoms with Crippen molar-refractivity contribution in [1.29, 1.82) is 0 Å². The maximum atomic E-state index is 12.1. The molecule has 10 heteroatoms. The van der Waals surface area contributed by atoms with Gasteiger partial charge < -0.3 is 20.7 Å². The highest BCUT2D eigenvalue weighted by molar-refractivity contribution is 5.87. The number of hydrogen-bond donors (Lipinski definition) is 4. The molecule has 4 N–H and O–H groups in total. The number of fused-ring (bicyclic) bond motifs is 1. The summed E-state index contributed by atoms with van der Waals surface area (Å²) in [5, 5.41) is 16.0. The fourth-order valence-corrected chi connectivity index (χ4v) is 3.99. The number of aromatic nitrogens is 5. The molecule has 32 heavy (non-hydrogen) atoms. The second-order valence-corrected chi connectivity index (χ2v) is 7.78. The van der Waals surface area contributed by atoms with Gasteiger partial charge in [0, 0.05) is 30.5 Å². The fourth-order valence-electron chi connectivity index (χ4n) is 3.99. The average Bonchev–Trinajstić information content (AvgIpc) is 3.40. The highest BCUT2D eigenvalue weighted by atomic mass is 16.4. The molecule has 4 heterocycles. The minimum atomic E-state index is -1.09. The summed E-state index contributed by atoms with van der Waals surface area (Å²) in [5.74, 6) is 0.337. The van der Waals surface area contributed by atoms with Crippen molar-refractivity contribution in [3.05, 3.63) is 70.9 Å². The van der Waals surface area contributed by atoms with Crippen LogP contribution in [0.1, 0.15) is 29.6 Å². The Balaban J connectivity index is 1.22. The molecule has 0 unspecified atom stereocenters. The molecule has 1 aliphatic carbocycles. The number of carboxylic acid groups (broad SMARTS) is 1. The van der Waals surface area contributed by atoms with Crippen LogP contribution in [0.15, 0.2) is 59.8 Å². The van der Waals surface area contributed by atoms with Crippen LogP contribution in [-0.2, 0) is 0 Å². The topological polar surface area (TPSA) is 138 Å². The summed E-state index contributed by atoms with van der Waals surface area (Å²) in [6, 6.07) is 10.4. The molecule has 0 aliphatic heterocycles. The highest BCUT2D eigenvalue weighted by Gasteiger charge is 2.25. The number of hydrogen-bond acceptors (Lipinski definition) is 7. The first-order chi connectivity index (χ1) is 15.5. The normalized spacial score (nSPS) is 18.0. The molecule has 5 rings (SSSR count). The number of nitrogens with one attached hydrogen (secondary N) is 3. The fraction of sp³-hybridized carbons (Fsp3) is 0.227. The molecule has 4 aromatic rings. The van der Waals surface area contributed by atoms with Gasteiger partial charge in [-0.15, -0.1) is 0 Å². The molecule has 0 saturated heterocycles. The number of imidazole rings is 1. The molecule has 2 atom stereocenters. The summed E-state index contributed by atoms with van der Waals surface area (Å²) in [4.78, 5) is 39.7. The van der Waals surface area contributed by atoms with E-state index in [4.69, 9.17) is 5.11 Å². The molecule has 1 fully saturated rings. The summed E-state index contributed by atoms with van der Waals surface area (Å²) < 4.78 is 1.28. The van der Waals surface area contributed by atoms with E-state index in [-0.39, 0.29) is 23.2 Å². The maximum absolute atomic E-state index is 12.1. The van der Waals surface area contributed by atoms with E-state index in [1.54, 1.807) is 24.5 Å². The largest absolute Gasteiger partial charge is 0.478 e. The van der Waals surface area contributed by atoms with Gasteiger partial charge >= 0.3 is 5.97 Å². The van der Waals surface area contributed by atoms with E-state index in [2.05, 4.69) is 30.6 Å². The number of nitrogens with zero attached hydrogens (tertiary/aromatic N) is 4. The highest BCUT2D eigenvalue weighted by Crippen LogP contribution is 2.25. The molecular formula is C22H21N7O3. The van der Waals surface area contributed by atoms with Gasteiger partial charge in [-0.2, -0.15) is 0 Å². The van der Waals surface area contributed by atoms with Gasteiger partial charge in [-0.05, 0) is 49.6 Å². The van der Waals surface area contributed by atoms with Gasteiger partial charge in [0.2, 0.25) is 5.95 Å². The van der Waals surface area contributed by atoms with Crippen molar-refractivity contribution in [2.24, 2.45) is 0 Å². The molecule has 0 spiro atoms. The zero-order valence-corrected chi connectivity index (χ0v) is 17.0. The van der Waals surface area contributed by atoms with Crippen LogP contribution in [0.3, 0.4) is 0 Å². The van der Waals surface area contributed by atoms with Crippen molar-refractivity contribution in [2.75, 3.05) is 10.6 Å². The molecule has 0 aromatic carbocycles. The Morgan fingerprint density at radius 1 is 1.09 bits per heavy atom. The first-order valence-electron chi connectivity index (χ1n) is 10.3.